The molecule has 1 aromatic heterocycles. The Labute approximate surface area is 139 Å². The number of nitrogens with one attached hydrogen (secondary N) is 1. The van der Waals surface area contributed by atoms with Gasteiger partial charge in [0.1, 0.15) is 10.6 Å². The average molecular weight is 329 g/mol. The number of hydrogen-bond donors (Lipinski definition) is 2. The summed E-state index contributed by atoms with van der Waals surface area (Å²) >= 11 is 1.27. The van der Waals surface area contributed by atoms with Gasteiger partial charge in [0.2, 0.25) is 5.91 Å². The van der Waals surface area contributed by atoms with Gasteiger partial charge in [0, 0.05) is 16.9 Å². The number of benzene rings is 1. The Bertz CT molecular complexity index is 742. The normalized spacial score (nSPS) is 14.0. The summed E-state index contributed by atoms with van der Waals surface area (Å²) in [6.45, 7) is 4.24. The van der Waals surface area contributed by atoms with Crippen LogP contribution in [0.15, 0.2) is 29.6 Å². The van der Waals surface area contributed by atoms with Gasteiger partial charge in [0.15, 0.2) is 0 Å². The molecule has 23 heavy (non-hydrogen) atoms. The molecule has 3 rings (SSSR count). The highest BCUT2D eigenvalue weighted by atomic mass is 32.1. The minimum Gasteiger partial charge on any atom is -0.478 e. The van der Waals surface area contributed by atoms with Gasteiger partial charge in [-0.2, -0.15) is 0 Å². The van der Waals surface area contributed by atoms with Crippen LogP contribution in [0.1, 0.15) is 48.5 Å². The Morgan fingerprint density at radius 1 is 1.22 bits per heavy atom. The van der Waals surface area contributed by atoms with Crippen LogP contribution in [0, 0.1) is 5.92 Å². The first-order chi connectivity index (χ1) is 11.0. The van der Waals surface area contributed by atoms with E-state index in [0.717, 1.165) is 18.4 Å². The van der Waals surface area contributed by atoms with Gasteiger partial charge in [0.05, 0.1) is 0 Å². The maximum Gasteiger partial charge on any atom is 0.339 e. The van der Waals surface area contributed by atoms with E-state index in [0.29, 0.717) is 16.5 Å². The monoisotopic (exact) mass is 329 g/mol. The second-order valence-electron chi connectivity index (χ2n) is 6.20. The van der Waals surface area contributed by atoms with E-state index in [2.05, 4.69) is 19.2 Å². The van der Waals surface area contributed by atoms with Crippen molar-refractivity contribution in [2.45, 2.75) is 32.6 Å². The lowest BCUT2D eigenvalue weighted by molar-refractivity contribution is -0.117. The zero-order valence-corrected chi connectivity index (χ0v) is 13.9. The molecule has 0 saturated heterocycles. The quantitative estimate of drug-likeness (QED) is 0.843. The van der Waals surface area contributed by atoms with E-state index in [1.807, 2.05) is 24.3 Å². The number of carbonyl (C=O) groups is 2. The maximum absolute atomic E-state index is 11.9. The molecule has 1 aliphatic carbocycles. The highest BCUT2D eigenvalue weighted by Crippen LogP contribution is 2.38. The number of carbonyl (C=O) groups excluding carboxylic acids is 1. The van der Waals surface area contributed by atoms with E-state index in [1.54, 1.807) is 5.38 Å². The minimum absolute atomic E-state index is 0.0486. The van der Waals surface area contributed by atoms with Crippen molar-refractivity contribution < 1.29 is 14.7 Å². The molecule has 1 amide bonds. The number of thiophene rings is 1. The van der Waals surface area contributed by atoms with Crippen LogP contribution >= 0.6 is 11.3 Å². The first-order valence-electron chi connectivity index (χ1n) is 7.73. The number of aromatic carboxylic acids is 1. The SMILES string of the molecule is CC(C)c1ccc(-c2csc(NC(=O)C3CC3)c2C(=O)O)cc1. The number of rotatable bonds is 5. The van der Waals surface area contributed by atoms with Crippen molar-refractivity contribution in [3.05, 3.63) is 40.8 Å². The predicted octanol–water partition coefficient (Wildman–Crippen LogP) is 4.59. The molecule has 4 nitrogen and oxygen atoms in total. The summed E-state index contributed by atoms with van der Waals surface area (Å²) in [4.78, 5) is 23.6. The Hall–Kier alpha value is -2.14. The third-order valence-corrected chi connectivity index (χ3v) is 4.97. The highest BCUT2D eigenvalue weighted by molar-refractivity contribution is 7.15. The fourth-order valence-electron chi connectivity index (χ4n) is 2.48. The molecule has 0 radical (unpaired) electrons. The lowest BCUT2D eigenvalue weighted by Gasteiger charge is -2.08. The minimum atomic E-state index is -1.01. The summed E-state index contributed by atoms with van der Waals surface area (Å²) in [5, 5.41) is 14.6. The number of anilines is 1. The van der Waals surface area contributed by atoms with Crippen molar-refractivity contribution in [1.29, 1.82) is 0 Å². The van der Waals surface area contributed by atoms with Crippen LogP contribution in [-0.2, 0) is 4.79 Å². The van der Waals surface area contributed by atoms with Crippen molar-refractivity contribution in [2.75, 3.05) is 5.32 Å². The molecule has 1 fully saturated rings. The first-order valence-corrected chi connectivity index (χ1v) is 8.61. The molecule has 1 aromatic carbocycles. The topological polar surface area (TPSA) is 66.4 Å². The van der Waals surface area contributed by atoms with E-state index >= 15 is 0 Å². The molecular weight excluding hydrogens is 310 g/mol. The molecular formula is C18H19NO3S. The summed E-state index contributed by atoms with van der Waals surface area (Å²) in [7, 11) is 0. The second-order valence-corrected chi connectivity index (χ2v) is 7.08. The predicted molar refractivity (Wildman–Crippen MR) is 92.2 cm³/mol. The second kappa shape index (κ2) is 6.16. The molecule has 2 N–H and O–H groups in total. The zero-order chi connectivity index (χ0) is 16.6. The van der Waals surface area contributed by atoms with Crippen LogP contribution < -0.4 is 5.32 Å². The van der Waals surface area contributed by atoms with Crippen molar-refractivity contribution in [3.8, 4) is 11.1 Å². The lowest BCUT2D eigenvalue weighted by atomic mass is 9.98. The molecule has 0 spiro atoms. The Balaban J connectivity index is 1.93. The van der Waals surface area contributed by atoms with Gasteiger partial charge in [-0.25, -0.2) is 4.79 Å². The standard InChI is InChI=1S/C18H19NO3S/c1-10(2)11-3-5-12(6-4-11)14-9-23-17(15(14)18(21)22)19-16(20)13-7-8-13/h3-6,9-10,13H,7-8H2,1-2H3,(H,19,20)(H,21,22). The molecule has 0 aliphatic heterocycles. The summed E-state index contributed by atoms with van der Waals surface area (Å²) in [5.74, 6) is -0.609. The van der Waals surface area contributed by atoms with Crippen LogP contribution in [0.3, 0.4) is 0 Å². The maximum atomic E-state index is 11.9. The number of carboxylic acid groups (broad SMARTS) is 1. The number of hydrogen-bond acceptors (Lipinski definition) is 3. The van der Waals surface area contributed by atoms with Crippen molar-refractivity contribution in [2.24, 2.45) is 5.92 Å². The highest BCUT2D eigenvalue weighted by Gasteiger charge is 2.31. The van der Waals surface area contributed by atoms with Gasteiger partial charge in [-0.15, -0.1) is 11.3 Å². The largest absolute Gasteiger partial charge is 0.478 e. The van der Waals surface area contributed by atoms with E-state index < -0.39 is 5.97 Å². The average Bonchev–Trinajstić information content (AvgIpc) is 3.28. The molecule has 1 heterocycles. The molecule has 120 valence electrons. The fraction of sp³-hybridized carbons (Fsp3) is 0.333. The Kier molecular flexibility index (Phi) is 4.22. The summed E-state index contributed by atoms with van der Waals surface area (Å²) in [5.41, 5.74) is 2.91. The van der Waals surface area contributed by atoms with Crippen LogP contribution in [0.2, 0.25) is 0 Å². The van der Waals surface area contributed by atoms with Crippen LogP contribution in [0.5, 0.6) is 0 Å². The van der Waals surface area contributed by atoms with Gasteiger partial charge >= 0.3 is 5.97 Å². The van der Waals surface area contributed by atoms with E-state index in [-0.39, 0.29) is 17.4 Å². The summed E-state index contributed by atoms with van der Waals surface area (Å²) in [6.07, 6.45) is 1.78. The molecule has 1 aliphatic rings. The first kappa shape index (κ1) is 15.7. The molecule has 0 atom stereocenters. The van der Waals surface area contributed by atoms with Gasteiger partial charge in [0.25, 0.3) is 0 Å². The van der Waals surface area contributed by atoms with Crippen molar-refractivity contribution in [1.82, 2.24) is 0 Å². The van der Waals surface area contributed by atoms with E-state index in [1.165, 1.54) is 16.9 Å². The van der Waals surface area contributed by atoms with Crippen molar-refractivity contribution in [3.63, 3.8) is 0 Å². The van der Waals surface area contributed by atoms with Crippen LogP contribution in [0.25, 0.3) is 11.1 Å². The van der Waals surface area contributed by atoms with Gasteiger partial charge in [-0.3, -0.25) is 4.79 Å². The molecule has 2 aromatic rings. The molecule has 1 saturated carbocycles. The Morgan fingerprint density at radius 3 is 2.39 bits per heavy atom. The van der Waals surface area contributed by atoms with Crippen LogP contribution in [0.4, 0.5) is 5.00 Å². The van der Waals surface area contributed by atoms with Gasteiger partial charge in [-0.1, -0.05) is 38.1 Å². The molecule has 0 bridgehead atoms. The zero-order valence-electron chi connectivity index (χ0n) is 13.1. The third-order valence-electron chi connectivity index (χ3n) is 4.08. The van der Waals surface area contributed by atoms with E-state index in [9.17, 15) is 14.7 Å². The smallest absolute Gasteiger partial charge is 0.339 e. The summed E-state index contributed by atoms with van der Waals surface area (Å²) in [6, 6.07) is 7.92. The van der Waals surface area contributed by atoms with Crippen molar-refractivity contribution >= 4 is 28.2 Å². The number of carboxylic acids is 1. The third kappa shape index (κ3) is 3.29. The summed E-state index contributed by atoms with van der Waals surface area (Å²) < 4.78 is 0. The Morgan fingerprint density at radius 2 is 1.87 bits per heavy atom. The van der Waals surface area contributed by atoms with Gasteiger partial charge < -0.3 is 10.4 Å². The number of amides is 1. The fourth-order valence-corrected chi connectivity index (χ4v) is 3.45. The van der Waals surface area contributed by atoms with E-state index in [4.69, 9.17) is 0 Å². The molecule has 5 heteroatoms. The molecule has 0 unspecified atom stereocenters. The van der Waals surface area contributed by atoms with Gasteiger partial charge in [-0.05, 0) is 29.9 Å². The lowest BCUT2D eigenvalue weighted by Crippen LogP contribution is -2.14. The van der Waals surface area contributed by atoms with Crippen LogP contribution in [-0.4, -0.2) is 17.0 Å².